The molecule has 3 N–H and O–H groups in total. The van der Waals surface area contributed by atoms with Crippen LogP contribution in [-0.2, 0) is 11.3 Å². The Morgan fingerprint density at radius 1 is 1.41 bits per heavy atom. The molecule has 0 radical (unpaired) electrons. The molecule has 0 saturated carbocycles. The van der Waals surface area contributed by atoms with Crippen LogP contribution in [0.4, 0.5) is 0 Å². The number of nitrogens with two attached hydrogens (primary N) is 1. The van der Waals surface area contributed by atoms with E-state index in [1.54, 1.807) is 0 Å². The third-order valence-electron chi connectivity index (χ3n) is 2.61. The standard InChI is InChI=1S/C14H22N2O/c1-10(15)12-7-5-6-11(8-12)9-16-13(17)14(2,3)4/h5-8,10H,9,15H2,1-4H3,(H,16,17). The van der Waals surface area contributed by atoms with Gasteiger partial charge in [0.2, 0.25) is 5.91 Å². The number of hydrogen-bond donors (Lipinski definition) is 2. The van der Waals surface area contributed by atoms with Gasteiger partial charge in [-0.05, 0) is 18.1 Å². The lowest BCUT2D eigenvalue weighted by Gasteiger charge is -2.18. The lowest BCUT2D eigenvalue weighted by atomic mass is 9.95. The second-order valence-corrected chi connectivity index (χ2v) is 5.47. The van der Waals surface area contributed by atoms with Gasteiger partial charge in [-0.1, -0.05) is 45.0 Å². The summed E-state index contributed by atoms with van der Waals surface area (Å²) in [4.78, 5) is 11.7. The van der Waals surface area contributed by atoms with Gasteiger partial charge >= 0.3 is 0 Å². The SMILES string of the molecule is CC(N)c1cccc(CNC(=O)C(C)(C)C)c1. The van der Waals surface area contributed by atoms with Crippen molar-refractivity contribution in [3.05, 3.63) is 35.4 Å². The van der Waals surface area contributed by atoms with Crippen LogP contribution in [0.2, 0.25) is 0 Å². The summed E-state index contributed by atoms with van der Waals surface area (Å²) in [5.74, 6) is 0.0590. The number of amides is 1. The van der Waals surface area contributed by atoms with E-state index in [4.69, 9.17) is 5.73 Å². The number of benzene rings is 1. The van der Waals surface area contributed by atoms with Gasteiger partial charge in [-0.25, -0.2) is 0 Å². The largest absolute Gasteiger partial charge is 0.352 e. The first-order valence-electron chi connectivity index (χ1n) is 5.93. The Morgan fingerprint density at radius 3 is 2.59 bits per heavy atom. The summed E-state index contributed by atoms with van der Waals surface area (Å²) >= 11 is 0. The number of hydrogen-bond acceptors (Lipinski definition) is 2. The third kappa shape index (κ3) is 4.19. The van der Waals surface area contributed by atoms with Crippen molar-refractivity contribution in [3.63, 3.8) is 0 Å². The van der Waals surface area contributed by atoms with E-state index < -0.39 is 0 Å². The summed E-state index contributed by atoms with van der Waals surface area (Å²) in [7, 11) is 0. The molecule has 0 aliphatic heterocycles. The van der Waals surface area contributed by atoms with Crippen LogP contribution in [0.3, 0.4) is 0 Å². The summed E-state index contributed by atoms with van der Waals surface area (Å²) in [6.45, 7) is 8.21. The molecular formula is C14H22N2O. The van der Waals surface area contributed by atoms with Crippen molar-refractivity contribution < 1.29 is 4.79 Å². The third-order valence-corrected chi connectivity index (χ3v) is 2.61. The highest BCUT2D eigenvalue weighted by molar-refractivity contribution is 5.81. The van der Waals surface area contributed by atoms with E-state index in [2.05, 4.69) is 5.32 Å². The van der Waals surface area contributed by atoms with Crippen LogP contribution in [0.5, 0.6) is 0 Å². The van der Waals surface area contributed by atoms with Crippen LogP contribution in [0.15, 0.2) is 24.3 Å². The second-order valence-electron chi connectivity index (χ2n) is 5.47. The van der Waals surface area contributed by atoms with Gasteiger partial charge in [0.1, 0.15) is 0 Å². The number of nitrogens with one attached hydrogen (secondary N) is 1. The highest BCUT2D eigenvalue weighted by Gasteiger charge is 2.20. The normalized spacial score (nSPS) is 13.2. The summed E-state index contributed by atoms with van der Waals surface area (Å²) in [5, 5.41) is 2.93. The molecule has 3 heteroatoms. The van der Waals surface area contributed by atoms with Gasteiger partial charge in [0.15, 0.2) is 0 Å². The predicted molar refractivity (Wildman–Crippen MR) is 70.3 cm³/mol. The molecule has 1 aromatic rings. The van der Waals surface area contributed by atoms with Crippen molar-refractivity contribution in [3.8, 4) is 0 Å². The van der Waals surface area contributed by atoms with E-state index in [9.17, 15) is 4.79 Å². The van der Waals surface area contributed by atoms with Crippen molar-refractivity contribution in [1.82, 2.24) is 5.32 Å². The van der Waals surface area contributed by atoms with Crippen molar-refractivity contribution in [2.24, 2.45) is 11.1 Å². The fourth-order valence-electron chi connectivity index (χ4n) is 1.43. The lowest BCUT2D eigenvalue weighted by molar-refractivity contribution is -0.128. The van der Waals surface area contributed by atoms with Crippen molar-refractivity contribution in [2.45, 2.75) is 40.3 Å². The average molecular weight is 234 g/mol. The Labute approximate surface area is 103 Å². The monoisotopic (exact) mass is 234 g/mol. The average Bonchev–Trinajstić information content (AvgIpc) is 2.25. The molecule has 0 bridgehead atoms. The van der Waals surface area contributed by atoms with Gasteiger partial charge in [0.25, 0.3) is 0 Å². The topological polar surface area (TPSA) is 55.1 Å². The van der Waals surface area contributed by atoms with E-state index in [1.807, 2.05) is 52.0 Å². The smallest absolute Gasteiger partial charge is 0.225 e. The van der Waals surface area contributed by atoms with Gasteiger partial charge in [-0.2, -0.15) is 0 Å². The molecule has 94 valence electrons. The molecule has 1 amide bonds. The molecule has 0 aliphatic rings. The first-order valence-corrected chi connectivity index (χ1v) is 5.93. The summed E-state index contributed by atoms with van der Waals surface area (Å²) in [6, 6.07) is 8.02. The predicted octanol–water partition coefficient (Wildman–Crippen LogP) is 2.37. The molecule has 3 nitrogen and oxygen atoms in total. The van der Waals surface area contributed by atoms with E-state index in [-0.39, 0.29) is 17.4 Å². The van der Waals surface area contributed by atoms with Crippen LogP contribution in [0, 0.1) is 5.41 Å². The molecule has 0 aromatic heterocycles. The molecule has 0 spiro atoms. The van der Waals surface area contributed by atoms with Crippen molar-refractivity contribution >= 4 is 5.91 Å². The van der Waals surface area contributed by atoms with Gasteiger partial charge < -0.3 is 11.1 Å². The maximum atomic E-state index is 11.7. The maximum absolute atomic E-state index is 11.7. The fraction of sp³-hybridized carbons (Fsp3) is 0.500. The minimum absolute atomic E-state index is 0.0215. The zero-order valence-electron chi connectivity index (χ0n) is 11.1. The van der Waals surface area contributed by atoms with Crippen molar-refractivity contribution in [2.75, 3.05) is 0 Å². The molecule has 0 fully saturated rings. The highest BCUT2D eigenvalue weighted by atomic mass is 16.2. The number of carbonyl (C=O) groups excluding carboxylic acids is 1. The van der Waals surface area contributed by atoms with Gasteiger partial charge in [0.05, 0.1) is 0 Å². The zero-order chi connectivity index (χ0) is 13.1. The molecule has 1 unspecified atom stereocenters. The second kappa shape index (κ2) is 5.32. The number of carbonyl (C=O) groups is 1. The molecule has 1 atom stereocenters. The minimum Gasteiger partial charge on any atom is -0.352 e. The maximum Gasteiger partial charge on any atom is 0.225 e. The molecule has 1 rings (SSSR count). The molecule has 1 aromatic carbocycles. The highest BCUT2D eigenvalue weighted by Crippen LogP contribution is 2.14. The molecule has 0 aliphatic carbocycles. The van der Waals surface area contributed by atoms with Crippen LogP contribution >= 0.6 is 0 Å². The van der Waals surface area contributed by atoms with Gasteiger partial charge in [-0.15, -0.1) is 0 Å². The Kier molecular flexibility index (Phi) is 4.29. The number of rotatable bonds is 3. The first-order chi connectivity index (χ1) is 7.80. The molecular weight excluding hydrogens is 212 g/mol. The first kappa shape index (κ1) is 13.7. The Hall–Kier alpha value is -1.35. The van der Waals surface area contributed by atoms with Crippen LogP contribution in [0.25, 0.3) is 0 Å². The molecule has 0 saturated heterocycles. The van der Waals surface area contributed by atoms with E-state index in [1.165, 1.54) is 0 Å². The van der Waals surface area contributed by atoms with Gasteiger partial charge in [0, 0.05) is 18.0 Å². The van der Waals surface area contributed by atoms with Crippen LogP contribution in [-0.4, -0.2) is 5.91 Å². The van der Waals surface area contributed by atoms with Crippen LogP contribution < -0.4 is 11.1 Å². The van der Waals surface area contributed by atoms with Crippen molar-refractivity contribution in [1.29, 1.82) is 0 Å². The minimum atomic E-state index is -0.348. The summed E-state index contributed by atoms with van der Waals surface area (Å²) < 4.78 is 0. The summed E-state index contributed by atoms with van der Waals surface area (Å²) in [5.41, 5.74) is 7.64. The zero-order valence-corrected chi connectivity index (χ0v) is 11.1. The Bertz CT molecular complexity index is 391. The fourth-order valence-corrected chi connectivity index (χ4v) is 1.43. The van der Waals surface area contributed by atoms with E-state index in [0.717, 1.165) is 11.1 Å². The Balaban J connectivity index is 2.64. The van der Waals surface area contributed by atoms with E-state index >= 15 is 0 Å². The molecule has 17 heavy (non-hydrogen) atoms. The summed E-state index contributed by atoms with van der Waals surface area (Å²) in [6.07, 6.45) is 0. The lowest BCUT2D eigenvalue weighted by Crippen LogP contribution is -2.34. The quantitative estimate of drug-likeness (QED) is 0.843. The van der Waals surface area contributed by atoms with Crippen LogP contribution in [0.1, 0.15) is 44.9 Å². The molecule has 0 heterocycles. The Morgan fingerprint density at radius 2 is 2.06 bits per heavy atom. The van der Waals surface area contributed by atoms with E-state index in [0.29, 0.717) is 6.54 Å². The van der Waals surface area contributed by atoms with Gasteiger partial charge in [-0.3, -0.25) is 4.79 Å².